The van der Waals surface area contributed by atoms with Crippen LogP contribution in [0.5, 0.6) is 0 Å². The normalized spacial score (nSPS) is 34.3. The first-order valence-electron chi connectivity index (χ1n) is 4.29. The number of carbonyl (C=O) groups is 2. The Bertz CT molecular complexity index is 360. The summed E-state index contributed by atoms with van der Waals surface area (Å²) in [7, 11) is 0. The van der Waals surface area contributed by atoms with Crippen molar-refractivity contribution >= 4 is 39.6 Å². The number of nitrogens with zero attached hydrogens (tertiary/aromatic N) is 1. The Kier molecular flexibility index (Phi) is 2.78. The van der Waals surface area contributed by atoms with Crippen LogP contribution < -0.4 is 5.73 Å². The van der Waals surface area contributed by atoms with E-state index in [0.717, 1.165) is 0 Å². The zero-order valence-corrected chi connectivity index (χ0v) is 9.99. The second-order valence-corrected chi connectivity index (χ2v) is 5.14. The molecule has 0 aliphatic carbocycles. The molecule has 1 saturated heterocycles. The van der Waals surface area contributed by atoms with E-state index in [0.29, 0.717) is 10.9 Å². The first-order valence-corrected chi connectivity index (χ1v) is 6.35. The molecule has 0 radical (unpaired) electrons. The maximum Gasteiger partial charge on any atom is 0.321 e. The van der Waals surface area contributed by atoms with Crippen molar-refractivity contribution in [3.8, 4) is 0 Å². The minimum Gasteiger partial charge on any atom is -0.480 e. The summed E-state index contributed by atoms with van der Waals surface area (Å²) < 4.78 is 0. The van der Waals surface area contributed by atoms with E-state index in [1.807, 2.05) is 0 Å². The van der Waals surface area contributed by atoms with Gasteiger partial charge in [-0.3, -0.25) is 9.59 Å². The molecule has 0 aromatic carbocycles. The van der Waals surface area contributed by atoms with E-state index in [-0.39, 0.29) is 11.3 Å². The zero-order chi connectivity index (χ0) is 11.2. The average molecular weight is 293 g/mol. The van der Waals surface area contributed by atoms with Crippen LogP contribution in [-0.4, -0.2) is 43.9 Å². The molecule has 15 heavy (non-hydrogen) atoms. The van der Waals surface area contributed by atoms with Crippen molar-refractivity contribution < 1.29 is 14.7 Å². The number of halogens is 1. The second kappa shape index (κ2) is 3.80. The van der Waals surface area contributed by atoms with E-state index < -0.39 is 17.3 Å². The molecule has 0 bridgehead atoms. The van der Waals surface area contributed by atoms with Crippen LogP contribution in [-0.2, 0) is 9.59 Å². The van der Waals surface area contributed by atoms with Gasteiger partial charge < -0.3 is 15.7 Å². The number of fused-ring (bicyclic) bond motifs is 1. The highest BCUT2D eigenvalue weighted by atomic mass is 79.9. The fourth-order valence-electron chi connectivity index (χ4n) is 1.59. The van der Waals surface area contributed by atoms with Crippen molar-refractivity contribution in [3.63, 3.8) is 0 Å². The van der Waals surface area contributed by atoms with Crippen molar-refractivity contribution in [2.24, 2.45) is 5.73 Å². The van der Waals surface area contributed by atoms with Crippen LogP contribution in [0.2, 0.25) is 0 Å². The number of nitrogens with two attached hydrogens (primary N) is 1. The van der Waals surface area contributed by atoms with Gasteiger partial charge in [-0.2, -0.15) is 0 Å². The smallest absolute Gasteiger partial charge is 0.321 e. The van der Waals surface area contributed by atoms with Gasteiger partial charge in [-0.25, -0.2) is 0 Å². The quantitative estimate of drug-likeness (QED) is 0.551. The van der Waals surface area contributed by atoms with Gasteiger partial charge in [-0.1, -0.05) is 15.9 Å². The van der Waals surface area contributed by atoms with Crippen molar-refractivity contribution in [1.82, 2.24) is 4.90 Å². The summed E-state index contributed by atoms with van der Waals surface area (Å²) in [5.41, 5.74) is 6.26. The fourth-order valence-corrected chi connectivity index (χ4v) is 3.57. The zero-order valence-electron chi connectivity index (χ0n) is 7.59. The van der Waals surface area contributed by atoms with Crippen LogP contribution in [0.3, 0.4) is 0 Å². The molecule has 0 aromatic rings. The van der Waals surface area contributed by atoms with E-state index >= 15 is 0 Å². The van der Waals surface area contributed by atoms with Crippen molar-refractivity contribution in [2.75, 3.05) is 5.33 Å². The Labute approximate surface area is 98.8 Å². The molecular weight excluding hydrogens is 284 g/mol. The highest BCUT2D eigenvalue weighted by Crippen LogP contribution is 2.40. The number of alkyl halides is 1. The molecule has 2 unspecified atom stereocenters. The highest BCUT2D eigenvalue weighted by molar-refractivity contribution is 9.09. The summed E-state index contributed by atoms with van der Waals surface area (Å²) >= 11 is 4.43. The molecule has 5 nitrogen and oxygen atoms in total. The van der Waals surface area contributed by atoms with Crippen LogP contribution in [0.1, 0.15) is 0 Å². The van der Waals surface area contributed by atoms with Gasteiger partial charge in [0, 0.05) is 11.5 Å². The van der Waals surface area contributed by atoms with E-state index in [1.165, 1.54) is 16.7 Å². The van der Waals surface area contributed by atoms with Gasteiger partial charge >= 0.3 is 5.97 Å². The number of carboxylic acid groups (broad SMARTS) is 1. The third-order valence-corrected chi connectivity index (χ3v) is 4.64. The van der Waals surface area contributed by atoms with Gasteiger partial charge in [0.1, 0.15) is 16.7 Å². The summed E-state index contributed by atoms with van der Waals surface area (Å²) in [5, 5.41) is 8.61. The first kappa shape index (κ1) is 11.0. The number of hydrogen-bond donors (Lipinski definition) is 2. The lowest BCUT2D eigenvalue weighted by Gasteiger charge is -2.47. The number of thioether (sulfide) groups is 1. The Morgan fingerprint density at radius 3 is 2.93 bits per heavy atom. The molecule has 0 aromatic heterocycles. The maximum absolute atomic E-state index is 11.3. The summed E-state index contributed by atoms with van der Waals surface area (Å²) in [6.07, 6.45) is 1.60. The molecule has 1 amide bonds. The van der Waals surface area contributed by atoms with E-state index in [9.17, 15) is 9.59 Å². The predicted molar refractivity (Wildman–Crippen MR) is 59.5 cm³/mol. The van der Waals surface area contributed by atoms with E-state index in [4.69, 9.17) is 10.8 Å². The van der Waals surface area contributed by atoms with Gasteiger partial charge in [-0.05, 0) is 5.57 Å². The molecule has 7 heteroatoms. The lowest BCUT2D eigenvalue weighted by Crippen LogP contribution is -2.67. The van der Waals surface area contributed by atoms with Gasteiger partial charge in [0.05, 0.1) is 0 Å². The standard InChI is InChI=1S/C8H9BrN2O3S/c9-1-3-2-11-6(12)4(10)7(11)15-5(3)8(13)14/h2,4-5,7H,1,10H2,(H,13,14)/t4?,5?,7-/m1/s1. The number of hydrogen-bond acceptors (Lipinski definition) is 4. The first-order chi connectivity index (χ1) is 7.06. The van der Waals surface area contributed by atoms with Crippen LogP contribution in [0.25, 0.3) is 0 Å². The summed E-state index contributed by atoms with van der Waals surface area (Å²) in [6, 6.07) is -0.565. The minimum atomic E-state index is -0.892. The maximum atomic E-state index is 11.3. The largest absolute Gasteiger partial charge is 0.480 e. The molecule has 1 fully saturated rings. The SMILES string of the molecule is NC1C(=O)N2C=C(CBr)C(C(=O)O)S[C@H]12. The lowest BCUT2D eigenvalue weighted by molar-refractivity contribution is -0.141. The predicted octanol–water partition coefficient (Wildman–Crippen LogP) is -0.0392. The molecule has 3 atom stereocenters. The van der Waals surface area contributed by atoms with Gasteiger partial charge in [0.2, 0.25) is 5.91 Å². The van der Waals surface area contributed by atoms with Crippen LogP contribution in [0.4, 0.5) is 0 Å². The average Bonchev–Trinajstić information content (AvgIpc) is 2.25. The van der Waals surface area contributed by atoms with Crippen LogP contribution in [0, 0.1) is 0 Å². The molecule has 82 valence electrons. The lowest BCUT2D eigenvalue weighted by atomic mass is 10.1. The third kappa shape index (κ3) is 1.58. The Morgan fingerprint density at radius 1 is 1.73 bits per heavy atom. The summed E-state index contributed by atoms with van der Waals surface area (Å²) in [6.45, 7) is 0. The molecule has 2 heterocycles. The van der Waals surface area contributed by atoms with Crippen molar-refractivity contribution in [3.05, 3.63) is 11.8 Å². The van der Waals surface area contributed by atoms with Gasteiger partial charge in [-0.15, -0.1) is 11.8 Å². The van der Waals surface area contributed by atoms with Crippen LogP contribution in [0.15, 0.2) is 11.8 Å². The fraction of sp³-hybridized carbons (Fsp3) is 0.500. The van der Waals surface area contributed by atoms with Gasteiger partial charge in [0.25, 0.3) is 0 Å². The Balaban J connectivity index is 2.26. The summed E-state index contributed by atoms with van der Waals surface area (Å²) in [5.74, 6) is -1.04. The highest BCUT2D eigenvalue weighted by Gasteiger charge is 2.49. The Hall–Kier alpha value is -0.530. The summed E-state index contributed by atoms with van der Waals surface area (Å²) in [4.78, 5) is 23.8. The number of amides is 1. The molecule has 2 rings (SSSR count). The van der Waals surface area contributed by atoms with Crippen molar-refractivity contribution in [1.29, 1.82) is 0 Å². The number of carbonyl (C=O) groups excluding carboxylic acids is 1. The number of aliphatic carboxylic acids is 1. The van der Waals surface area contributed by atoms with Crippen LogP contribution >= 0.6 is 27.7 Å². The Morgan fingerprint density at radius 2 is 2.40 bits per heavy atom. The molecule has 2 aliphatic heterocycles. The molecule has 0 saturated carbocycles. The molecule has 2 aliphatic rings. The van der Waals surface area contributed by atoms with Crippen molar-refractivity contribution in [2.45, 2.75) is 16.7 Å². The number of carboxylic acids is 1. The number of rotatable bonds is 2. The van der Waals surface area contributed by atoms with E-state index in [1.54, 1.807) is 6.20 Å². The molecular formula is C8H9BrN2O3S. The van der Waals surface area contributed by atoms with Gasteiger partial charge in [0.15, 0.2) is 0 Å². The van der Waals surface area contributed by atoms with E-state index in [2.05, 4.69) is 15.9 Å². The molecule has 0 spiro atoms. The monoisotopic (exact) mass is 292 g/mol. The minimum absolute atomic E-state index is 0.144. The second-order valence-electron chi connectivity index (χ2n) is 3.35. The number of β-lactam (4-membered cyclic amide) rings is 1. The molecule has 3 N–H and O–H groups in total. The topological polar surface area (TPSA) is 83.6 Å². The third-order valence-electron chi connectivity index (χ3n) is 2.42.